The van der Waals surface area contributed by atoms with Gasteiger partial charge in [-0.05, 0) is 39.8 Å². The lowest BCUT2D eigenvalue weighted by Crippen LogP contribution is -2.23. The summed E-state index contributed by atoms with van der Waals surface area (Å²) >= 11 is 0. The van der Waals surface area contributed by atoms with E-state index >= 15 is 0 Å². The summed E-state index contributed by atoms with van der Waals surface area (Å²) in [6.45, 7) is 8.86. The smallest absolute Gasteiger partial charge is 0.126 e. The lowest BCUT2D eigenvalue weighted by atomic mass is 10.1. The highest BCUT2D eigenvalue weighted by atomic mass is 19.1. The number of hydrogen-bond acceptors (Lipinski definition) is 3. The summed E-state index contributed by atoms with van der Waals surface area (Å²) in [5, 5.41) is 13.0. The SMILES string of the molecule is CCCNC(C)c1ccc(F)cc1OCCC(C)(C)O. The molecule has 0 heterocycles. The number of benzene rings is 1. The molecule has 0 saturated carbocycles. The van der Waals surface area contributed by atoms with E-state index in [9.17, 15) is 9.50 Å². The molecule has 3 nitrogen and oxygen atoms in total. The van der Waals surface area contributed by atoms with Crippen LogP contribution in [-0.4, -0.2) is 23.9 Å². The van der Waals surface area contributed by atoms with Crippen LogP contribution >= 0.6 is 0 Å². The minimum Gasteiger partial charge on any atom is -0.493 e. The minimum absolute atomic E-state index is 0.104. The van der Waals surface area contributed by atoms with Gasteiger partial charge in [0.25, 0.3) is 0 Å². The molecule has 1 aromatic rings. The third-order valence-electron chi connectivity index (χ3n) is 3.11. The van der Waals surface area contributed by atoms with E-state index in [4.69, 9.17) is 4.74 Å². The first-order valence-corrected chi connectivity index (χ1v) is 7.21. The van der Waals surface area contributed by atoms with Crippen molar-refractivity contribution in [2.24, 2.45) is 0 Å². The molecule has 0 aliphatic carbocycles. The van der Waals surface area contributed by atoms with Gasteiger partial charge in [0, 0.05) is 24.1 Å². The van der Waals surface area contributed by atoms with E-state index in [2.05, 4.69) is 12.2 Å². The van der Waals surface area contributed by atoms with E-state index in [0.29, 0.717) is 18.8 Å². The fourth-order valence-corrected chi connectivity index (χ4v) is 1.87. The van der Waals surface area contributed by atoms with Crippen LogP contribution in [0.15, 0.2) is 18.2 Å². The fraction of sp³-hybridized carbons (Fsp3) is 0.625. The van der Waals surface area contributed by atoms with Crippen LogP contribution in [0, 0.1) is 5.82 Å². The van der Waals surface area contributed by atoms with Gasteiger partial charge in [-0.1, -0.05) is 13.0 Å². The normalized spacial score (nSPS) is 13.3. The van der Waals surface area contributed by atoms with E-state index in [0.717, 1.165) is 18.5 Å². The van der Waals surface area contributed by atoms with Crippen LogP contribution in [0.2, 0.25) is 0 Å². The van der Waals surface area contributed by atoms with Crippen LogP contribution in [0.3, 0.4) is 0 Å². The summed E-state index contributed by atoms with van der Waals surface area (Å²) in [5.41, 5.74) is 0.162. The molecule has 0 aliphatic heterocycles. The second-order valence-electron chi connectivity index (χ2n) is 5.77. The zero-order valence-electron chi connectivity index (χ0n) is 12.9. The zero-order chi connectivity index (χ0) is 15.2. The summed E-state index contributed by atoms with van der Waals surface area (Å²) in [4.78, 5) is 0. The Labute approximate surface area is 121 Å². The van der Waals surface area contributed by atoms with Crippen LogP contribution in [0.5, 0.6) is 5.75 Å². The second-order valence-corrected chi connectivity index (χ2v) is 5.77. The average molecular weight is 283 g/mol. The van der Waals surface area contributed by atoms with Crippen LogP contribution in [-0.2, 0) is 0 Å². The lowest BCUT2D eigenvalue weighted by molar-refractivity contribution is 0.0551. The largest absolute Gasteiger partial charge is 0.493 e. The first kappa shape index (κ1) is 16.9. The maximum atomic E-state index is 13.4. The van der Waals surface area contributed by atoms with E-state index in [1.54, 1.807) is 19.9 Å². The monoisotopic (exact) mass is 283 g/mol. The quantitative estimate of drug-likeness (QED) is 0.768. The van der Waals surface area contributed by atoms with Gasteiger partial charge in [-0.3, -0.25) is 0 Å². The number of ether oxygens (including phenoxy) is 1. The molecule has 0 bridgehead atoms. The van der Waals surface area contributed by atoms with Crippen molar-refractivity contribution < 1.29 is 14.2 Å². The second kappa shape index (κ2) is 7.60. The molecule has 0 radical (unpaired) electrons. The van der Waals surface area contributed by atoms with Gasteiger partial charge >= 0.3 is 0 Å². The standard InChI is InChI=1S/C16H26FNO2/c1-5-9-18-12(2)14-7-6-13(17)11-15(14)20-10-8-16(3,4)19/h6-7,11-12,18-19H,5,8-10H2,1-4H3. The van der Waals surface area contributed by atoms with Crippen molar-refractivity contribution >= 4 is 0 Å². The Hall–Kier alpha value is -1.13. The molecular formula is C16H26FNO2. The lowest BCUT2D eigenvalue weighted by Gasteiger charge is -2.21. The zero-order valence-corrected chi connectivity index (χ0v) is 12.9. The highest BCUT2D eigenvalue weighted by Gasteiger charge is 2.15. The maximum absolute atomic E-state index is 13.4. The van der Waals surface area contributed by atoms with Crippen LogP contribution in [0.4, 0.5) is 4.39 Å². The molecule has 0 fully saturated rings. The summed E-state index contributed by atoms with van der Waals surface area (Å²) in [6.07, 6.45) is 1.54. The van der Waals surface area contributed by atoms with Gasteiger partial charge in [0.15, 0.2) is 0 Å². The summed E-state index contributed by atoms with van der Waals surface area (Å²) in [5.74, 6) is 0.236. The Morgan fingerprint density at radius 3 is 2.70 bits per heavy atom. The molecule has 0 spiro atoms. The van der Waals surface area contributed by atoms with Crippen molar-refractivity contribution in [3.8, 4) is 5.75 Å². The van der Waals surface area contributed by atoms with Crippen molar-refractivity contribution in [3.05, 3.63) is 29.6 Å². The van der Waals surface area contributed by atoms with Crippen LogP contribution < -0.4 is 10.1 Å². The molecule has 0 aromatic heterocycles. The highest BCUT2D eigenvalue weighted by molar-refractivity contribution is 5.36. The molecule has 1 rings (SSSR count). The van der Waals surface area contributed by atoms with Crippen molar-refractivity contribution in [1.29, 1.82) is 0 Å². The molecule has 0 saturated heterocycles. The Morgan fingerprint density at radius 2 is 2.10 bits per heavy atom. The van der Waals surface area contributed by atoms with Crippen LogP contribution in [0.1, 0.15) is 52.1 Å². The van der Waals surface area contributed by atoms with Gasteiger partial charge in [0.1, 0.15) is 11.6 Å². The Kier molecular flexibility index (Phi) is 6.43. The Balaban J connectivity index is 2.74. The summed E-state index contributed by atoms with van der Waals surface area (Å²) < 4.78 is 19.0. The summed E-state index contributed by atoms with van der Waals surface area (Å²) in [6, 6.07) is 4.71. The molecule has 114 valence electrons. The average Bonchev–Trinajstić information content (AvgIpc) is 2.34. The molecule has 20 heavy (non-hydrogen) atoms. The van der Waals surface area contributed by atoms with Crippen LogP contribution in [0.25, 0.3) is 0 Å². The van der Waals surface area contributed by atoms with Gasteiger partial charge in [-0.15, -0.1) is 0 Å². The third-order valence-corrected chi connectivity index (χ3v) is 3.11. The first-order valence-electron chi connectivity index (χ1n) is 7.21. The molecule has 1 atom stereocenters. The van der Waals surface area contributed by atoms with Gasteiger partial charge in [0.2, 0.25) is 0 Å². The van der Waals surface area contributed by atoms with Gasteiger partial charge in [-0.25, -0.2) is 4.39 Å². The van der Waals surface area contributed by atoms with Crippen molar-refractivity contribution in [3.63, 3.8) is 0 Å². The summed E-state index contributed by atoms with van der Waals surface area (Å²) in [7, 11) is 0. The first-order chi connectivity index (χ1) is 9.33. The van der Waals surface area contributed by atoms with Crippen molar-refractivity contribution in [1.82, 2.24) is 5.32 Å². The molecule has 4 heteroatoms. The van der Waals surface area contributed by atoms with Crippen molar-refractivity contribution in [2.45, 2.75) is 52.2 Å². The van der Waals surface area contributed by atoms with E-state index < -0.39 is 5.60 Å². The third kappa shape index (κ3) is 5.88. The van der Waals surface area contributed by atoms with E-state index in [1.807, 2.05) is 6.92 Å². The van der Waals surface area contributed by atoms with Crippen molar-refractivity contribution in [2.75, 3.05) is 13.2 Å². The minimum atomic E-state index is -0.778. The molecule has 0 amide bonds. The highest BCUT2D eigenvalue weighted by Crippen LogP contribution is 2.26. The topological polar surface area (TPSA) is 41.5 Å². The van der Waals surface area contributed by atoms with Gasteiger partial charge in [-0.2, -0.15) is 0 Å². The number of halogens is 1. The Bertz CT molecular complexity index is 415. The molecule has 0 aliphatic rings. The fourth-order valence-electron chi connectivity index (χ4n) is 1.87. The Morgan fingerprint density at radius 1 is 1.40 bits per heavy atom. The predicted octanol–water partition coefficient (Wildman–Crippen LogP) is 3.43. The maximum Gasteiger partial charge on any atom is 0.126 e. The molecule has 1 unspecified atom stereocenters. The predicted molar refractivity (Wildman–Crippen MR) is 79.5 cm³/mol. The number of hydrogen-bond donors (Lipinski definition) is 2. The molecule has 1 aromatic carbocycles. The van der Waals surface area contributed by atoms with Gasteiger partial charge in [0.05, 0.1) is 12.2 Å². The van der Waals surface area contributed by atoms with Gasteiger partial charge < -0.3 is 15.2 Å². The van der Waals surface area contributed by atoms with E-state index in [-0.39, 0.29) is 11.9 Å². The molecular weight excluding hydrogens is 257 g/mol. The van der Waals surface area contributed by atoms with E-state index in [1.165, 1.54) is 12.1 Å². The number of aliphatic hydroxyl groups is 1. The number of rotatable bonds is 8. The molecule has 2 N–H and O–H groups in total. The number of nitrogens with one attached hydrogen (secondary N) is 1.